The molecule has 0 heterocycles. The van der Waals surface area contributed by atoms with E-state index in [4.69, 9.17) is 46.4 Å². The Labute approximate surface area is 218 Å². The Bertz CT molecular complexity index is 1300. The molecule has 6 nitrogen and oxygen atoms in total. The zero-order chi connectivity index (χ0) is 24.7. The quantitative estimate of drug-likeness (QED) is 0.271. The monoisotopic (exact) mass is 557 g/mol. The third kappa shape index (κ3) is 6.95. The Balaban J connectivity index is 1.80. The fourth-order valence-electron chi connectivity index (χ4n) is 2.99. The maximum absolute atomic E-state index is 13.4. The predicted octanol–water partition coefficient (Wildman–Crippen LogP) is 5.68. The fourth-order valence-corrected chi connectivity index (χ4v) is 5.48. The molecular weight excluding hydrogens is 540 g/mol. The van der Waals surface area contributed by atoms with Crippen LogP contribution in [0.5, 0.6) is 0 Å². The molecule has 0 aliphatic rings. The summed E-state index contributed by atoms with van der Waals surface area (Å²) in [5.74, 6) is -0.649. The van der Waals surface area contributed by atoms with Gasteiger partial charge in [-0.1, -0.05) is 88.9 Å². The molecule has 0 radical (unpaired) electrons. The summed E-state index contributed by atoms with van der Waals surface area (Å²) in [6.45, 7) is -0.453. The van der Waals surface area contributed by atoms with Gasteiger partial charge in [-0.05, 0) is 36.2 Å². The molecule has 0 saturated carbocycles. The van der Waals surface area contributed by atoms with Crippen LogP contribution in [0.2, 0.25) is 20.1 Å². The van der Waals surface area contributed by atoms with Gasteiger partial charge >= 0.3 is 0 Å². The number of amides is 1. The molecule has 3 rings (SSSR count). The summed E-state index contributed by atoms with van der Waals surface area (Å²) in [6.07, 6.45) is 1.70. The van der Waals surface area contributed by atoms with Gasteiger partial charge < -0.3 is 0 Å². The number of nitrogens with one attached hydrogen (secondary N) is 1. The first-order chi connectivity index (χ1) is 16.2. The van der Waals surface area contributed by atoms with Crippen LogP contribution in [0.4, 0.5) is 0 Å². The fraction of sp³-hybridized carbons (Fsp3) is 0.130. The maximum Gasteiger partial charge on any atom is 0.255 e. The van der Waals surface area contributed by atoms with Gasteiger partial charge in [0.1, 0.15) is 4.90 Å². The average molecular weight is 559 g/mol. The molecule has 0 aliphatic carbocycles. The molecule has 178 valence electrons. The summed E-state index contributed by atoms with van der Waals surface area (Å²) < 4.78 is 27.8. The van der Waals surface area contributed by atoms with E-state index >= 15 is 0 Å². The first kappa shape index (κ1) is 26.5. The SMILES string of the molecule is O=C(CN(CCc1ccccc1)S(=O)(=O)c1cc(Cl)ccc1Cl)N/N=C\c1cccc(Cl)c1Cl. The second-order valence-corrected chi connectivity index (χ2v) is 10.6. The third-order valence-corrected chi connectivity index (χ3v) is 8.09. The van der Waals surface area contributed by atoms with Crippen LogP contribution >= 0.6 is 46.4 Å². The molecule has 0 aromatic heterocycles. The number of hydrogen-bond donors (Lipinski definition) is 1. The van der Waals surface area contributed by atoms with Gasteiger partial charge in [0.05, 0.1) is 27.8 Å². The molecule has 0 unspecified atom stereocenters. The lowest BCUT2D eigenvalue weighted by atomic mass is 10.1. The minimum atomic E-state index is -4.14. The van der Waals surface area contributed by atoms with E-state index < -0.39 is 22.5 Å². The van der Waals surface area contributed by atoms with Gasteiger partial charge in [0.15, 0.2) is 0 Å². The van der Waals surface area contributed by atoms with Crippen LogP contribution in [0.3, 0.4) is 0 Å². The van der Waals surface area contributed by atoms with Crippen LogP contribution in [0, 0.1) is 0 Å². The predicted molar refractivity (Wildman–Crippen MR) is 138 cm³/mol. The molecule has 0 spiro atoms. The van der Waals surface area contributed by atoms with Crippen molar-refractivity contribution in [1.29, 1.82) is 0 Å². The van der Waals surface area contributed by atoms with Gasteiger partial charge in [-0.2, -0.15) is 9.41 Å². The highest BCUT2D eigenvalue weighted by atomic mass is 35.5. The minimum absolute atomic E-state index is 0.00291. The first-order valence-corrected chi connectivity index (χ1v) is 12.9. The van der Waals surface area contributed by atoms with Crippen LogP contribution in [0.25, 0.3) is 0 Å². The lowest BCUT2D eigenvalue weighted by Gasteiger charge is -2.22. The normalized spacial score (nSPS) is 11.8. The number of sulfonamides is 1. The van der Waals surface area contributed by atoms with Gasteiger partial charge in [-0.25, -0.2) is 13.8 Å². The van der Waals surface area contributed by atoms with E-state index in [1.807, 2.05) is 30.3 Å². The van der Waals surface area contributed by atoms with Crippen molar-refractivity contribution in [2.24, 2.45) is 5.10 Å². The number of carbonyl (C=O) groups is 1. The molecule has 3 aromatic rings. The van der Waals surface area contributed by atoms with Gasteiger partial charge in [0.2, 0.25) is 10.0 Å². The molecule has 0 aliphatic heterocycles. The van der Waals surface area contributed by atoms with Gasteiger partial charge in [-0.3, -0.25) is 4.79 Å². The Hall–Kier alpha value is -2.13. The van der Waals surface area contributed by atoms with Crippen molar-refractivity contribution in [1.82, 2.24) is 9.73 Å². The zero-order valence-corrected chi connectivity index (χ0v) is 21.4. The highest BCUT2D eigenvalue weighted by Gasteiger charge is 2.29. The number of hydrogen-bond acceptors (Lipinski definition) is 4. The Kier molecular flexibility index (Phi) is 9.36. The Morgan fingerprint density at radius 1 is 0.941 bits per heavy atom. The summed E-state index contributed by atoms with van der Waals surface area (Å²) in [7, 11) is -4.14. The van der Waals surface area contributed by atoms with Gasteiger partial charge in [0, 0.05) is 17.1 Å². The minimum Gasteiger partial charge on any atom is -0.272 e. The molecular formula is C23H19Cl4N3O3S. The number of carbonyl (C=O) groups excluding carboxylic acids is 1. The van der Waals surface area contributed by atoms with Crippen LogP contribution < -0.4 is 5.43 Å². The number of benzene rings is 3. The van der Waals surface area contributed by atoms with Gasteiger partial charge in [-0.15, -0.1) is 0 Å². The topological polar surface area (TPSA) is 78.8 Å². The molecule has 1 amide bonds. The molecule has 0 atom stereocenters. The molecule has 0 fully saturated rings. The summed E-state index contributed by atoms with van der Waals surface area (Å²) >= 11 is 24.2. The summed E-state index contributed by atoms with van der Waals surface area (Å²) in [5.41, 5.74) is 3.72. The van der Waals surface area contributed by atoms with E-state index in [9.17, 15) is 13.2 Å². The highest BCUT2D eigenvalue weighted by molar-refractivity contribution is 7.89. The molecule has 0 saturated heterocycles. The van der Waals surface area contributed by atoms with E-state index in [1.54, 1.807) is 18.2 Å². The average Bonchev–Trinajstić information content (AvgIpc) is 2.81. The number of nitrogens with zero attached hydrogens (tertiary/aromatic N) is 2. The van der Waals surface area contributed by atoms with E-state index in [0.717, 1.165) is 9.87 Å². The smallest absolute Gasteiger partial charge is 0.255 e. The van der Waals surface area contributed by atoms with Crippen LogP contribution in [-0.2, 0) is 21.2 Å². The Morgan fingerprint density at radius 3 is 2.41 bits per heavy atom. The largest absolute Gasteiger partial charge is 0.272 e. The van der Waals surface area contributed by atoms with E-state index in [1.165, 1.54) is 24.4 Å². The van der Waals surface area contributed by atoms with Gasteiger partial charge in [0.25, 0.3) is 5.91 Å². The van der Waals surface area contributed by atoms with E-state index in [-0.39, 0.29) is 26.5 Å². The molecule has 1 N–H and O–H groups in total. The van der Waals surface area contributed by atoms with Crippen LogP contribution in [0.1, 0.15) is 11.1 Å². The third-order valence-electron chi connectivity index (χ3n) is 4.70. The van der Waals surface area contributed by atoms with Crippen molar-refractivity contribution >= 4 is 68.5 Å². The van der Waals surface area contributed by atoms with Crippen LogP contribution in [-0.4, -0.2) is 37.9 Å². The standard InChI is InChI=1S/C23H19Cl4N3O3S/c24-18-9-10-19(25)21(13-18)34(32,33)30(12-11-16-5-2-1-3-6-16)15-22(31)29-28-14-17-7-4-8-20(26)23(17)27/h1-10,13-14H,11-12,15H2,(H,29,31)/b28-14-. The maximum atomic E-state index is 13.4. The van der Waals surface area contributed by atoms with E-state index in [0.29, 0.717) is 17.0 Å². The molecule has 3 aromatic carbocycles. The summed E-state index contributed by atoms with van der Waals surface area (Å²) in [5, 5.41) is 4.70. The second-order valence-electron chi connectivity index (χ2n) is 7.09. The highest BCUT2D eigenvalue weighted by Crippen LogP contribution is 2.28. The number of halogens is 4. The zero-order valence-electron chi connectivity index (χ0n) is 17.6. The lowest BCUT2D eigenvalue weighted by molar-refractivity contribution is -0.121. The summed E-state index contributed by atoms with van der Waals surface area (Å²) in [4.78, 5) is 12.4. The van der Waals surface area contributed by atoms with Crippen molar-refractivity contribution in [3.8, 4) is 0 Å². The molecule has 0 bridgehead atoms. The Morgan fingerprint density at radius 2 is 1.68 bits per heavy atom. The van der Waals surface area contributed by atoms with Crippen molar-refractivity contribution in [2.75, 3.05) is 13.1 Å². The van der Waals surface area contributed by atoms with Crippen molar-refractivity contribution in [3.05, 3.63) is 97.9 Å². The van der Waals surface area contributed by atoms with Crippen molar-refractivity contribution < 1.29 is 13.2 Å². The molecule has 34 heavy (non-hydrogen) atoms. The first-order valence-electron chi connectivity index (χ1n) is 9.93. The molecule has 11 heteroatoms. The van der Waals surface area contributed by atoms with Crippen molar-refractivity contribution in [3.63, 3.8) is 0 Å². The van der Waals surface area contributed by atoms with Crippen molar-refractivity contribution in [2.45, 2.75) is 11.3 Å². The lowest BCUT2D eigenvalue weighted by Crippen LogP contribution is -2.40. The number of hydrazone groups is 1. The van der Waals surface area contributed by atoms with E-state index in [2.05, 4.69) is 10.5 Å². The second kappa shape index (κ2) is 12.0. The summed E-state index contributed by atoms with van der Waals surface area (Å²) in [6, 6.07) is 18.4. The number of rotatable bonds is 9. The van der Waals surface area contributed by atoms with Crippen LogP contribution in [0.15, 0.2) is 76.7 Å².